The van der Waals surface area contributed by atoms with Crippen molar-refractivity contribution in [3.63, 3.8) is 0 Å². The van der Waals surface area contributed by atoms with E-state index in [0.29, 0.717) is 18.8 Å². The molecule has 1 aliphatic heterocycles. The number of carbonyl (C=O) groups is 2. The molecule has 136 valence electrons. The van der Waals surface area contributed by atoms with Crippen molar-refractivity contribution < 1.29 is 9.59 Å². The van der Waals surface area contributed by atoms with E-state index in [1.807, 2.05) is 48.5 Å². The lowest BCUT2D eigenvalue weighted by atomic mass is 10.1. The number of aromatic nitrogens is 1. The molecule has 3 aromatic rings. The normalized spacial score (nSPS) is 16.7. The van der Waals surface area contributed by atoms with Gasteiger partial charge in [0.15, 0.2) is 0 Å². The molecule has 0 spiro atoms. The van der Waals surface area contributed by atoms with Crippen LogP contribution < -0.4 is 5.32 Å². The van der Waals surface area contributed by atoms with Crippen molar-refractivity contribution in [2.24, 2.45) is 5.92 Å². The van der Waals surface area contributed by atoms with Gasteiger partial charge in [-0.3, -0.25) is 14.6 Å². The Morgan fingerprint density at radius 2 is 1.89 bits per heavy atom. The second-order valence-corrected chi connectivity index (χ2v) is 6.85. The standard InChI is InChI=1S/C22H21N3O2/c26-20-14-18(15-25(20)13-11-16-6-2-1-3-7-16)22(27)24-19-10-4-8-17-9-5-12-23-21(17)19/h1-10,12,18H,11,13-15H2,(H,24,27). The monoisotopic (exact) mass is 359 g/mol. The van der Waals surface area contributed by atoms with E-state index in [2.05, 4.69) is 22.4 Å². The number of nitrogens with zero attached hydrogens (tertiary/aromatic N) is 2. The first kappa shape index (κ1) is 17.2. The van der Waals surface area contributed by atoms with Crippen LogP contribution in [0.1, 0.15) is 12.0 Å². The lowest BCUT2D eigenvalue weighted by Gasteiger charge is -2.16. The smallest absolute Gasteiger partial charge is 0.229 e. The molecule has 1 aromatic heterocycles. The van der Waals surface area contributed by atoms with E-state index < -0.39 is 0 Å². The maximum Gasteiger partial charge on any atom is 0.229 e. The van der Waals surface area contributed by atoms with Crippen LogP contribution in [0.3, 0.4) is 0 Å². The quantitative estimate of drug-likeness (QED) is 0.760. The van der Waals surface area contributed by atoms with Crippen molar-refractivity contribution in [3.8, 4) is 0 Å². The average molecular weight is 359 g/mol. The van der Waals surface area contributed by atoms with Gasteiger partial charge < -0.3 is 10.2 Å². The number of anilines is 1. The number of hydrogen-bond donors (Lipinski definition) is 1. The highest BCUT2D eigenvalue weighted by Gasteiger charge is 2.34. The van der Waals surface area contributed by atoms with Crippen LogP contribution in [0, 0.1) is 5.92 Å². The predicted molar refractivity (Wildman–Crippen MR) is 105 cm³/mol. The van der Waals surface area contributed by atoms with Crippen molar-refractivity contribution >= 4 is 28.4 Å². The Balaban J connectivity index is 1.40. The van der Waals surface area contributed by atoms with Gasteiger partial charge in [-0.25, -0.2) is 0 Å². The Hall–Kier alpha value is -3.21. The number of pyridine rings is 1. The van der Waals surface area contributed by atoms with Crippen molar-refractivity contribution in [2.45, 2.75) is 12.8 Å². The molecule has 1 unspecified atom stereocenters. The third kappa shape index (κ3) is 3.82. The number of carbonyl (C=O) groups excluding carboxylic acids is 2. The molecule has 4 rings (SSSR count). The lowest BCUT2D eigenvalue weighted by Crippen LogP contribution is -2.30. The number of amides is 2. The van der Waals surface area contributed by atoms with Gasteiger partial charge >= 0.3 is 0 Å². The second-order valence-electron chi connectivity index (χ2n) is 6.85. The van der Waals surface area contributed by atoms with Crippen LogP contribution >= 0.6 is 0 Å². The zero-order valence-corrected chi connectivity index (χ0v) is 15.0. The van der Waals surface area contributed by atoms with E-state index in [1.54, 1.807) is 11.1 Å². The van der Waals surface area contributed by atoms with Gasteiger partial charge in [0.25, 0.3) is 0 Å². The van der Waals surface area contributed by atoms with Crippen LogP contribution in [0.25, 0.3) is 10.9 Å². The lowest BCUT2D eigenvalue weighted by molar-refractivity contribution is -0.128. The van der Waals surface area contributed by atoms with Crippen LogP contribution in [0.5, 0.6) is 0 Å². The summed E-state index contributed by atoms with van der Waals surface area (Å²) in [5.41, 5.74) is 2.65. The molecule has 1 N–H and O–H groups in total. The fraction of sp³-hybridized carbons (Fsp3) is 0.227. The molecule has 0 saturated carbocycles. The van der Waals surface area contributed by atoms with Gasteiger partial charge in [0.2, 0.25) is 11.8 Å². The number of nitrogens with one attached hydrogen (secondary N) is 1. The summed E-state index contributed by atoms with van der Waals surface area (Å²) in [6.45, 7) is 1.11. The van der Waals surface area contributed by atoms with Crippen LogP contribution in [-0.4, -0.2) is 34.8 Å². The first-order chi connectivity index (χ1) is 13.2. The van der Waals surface area contributed by atoms with E-state index >= 15 is 0 Å². The van der Waals surface area contributed by atoms with Gasteiger partial charge in [-0.05, 0) is 24.1 Å². The second kappa shape index (κ2) is 7.58. The predicted octanol–water partition coefficient (Wildman–Crippen LogP) is 3.26. The van der Waals surface area contributed by atoms with Gasteiger partial charge in [-0.1, -0.05) is 48.5 Å². The first-order valence-corrected chi connectivity index (χ1v) is 9.17. The molecular formula is C22H21N3O2. The van der Waals surface area contributed by atoms with Gasteiger partial charge in [0, 0.05) is 31.1 Å². The van der Waals surface area contributed by atoms with E-state index in [1.165, 1.54) is 5.56 Å². The highest BCUT2D eigenvalue weighted by atomic mass is 16.2. The number of fused-ring (bicyclic) bond motifs is 1. The first-order valence-electron chi connectivity index (χ1n) is 9.17. The molecule has 0 radical (unpaired) electrons. The summed E-state index contributed by atoms with van der Waals surface area (Å²) in [6.07, 6.45) is 2.77. The molecule has 0 bridgehead atoms. The largest absolute Gasteiger partial charge is 0.342 e. The third-order valence-corrected chi connectivity index (χ3v) is 4.99. The summed E-state index contributed by atoms with van der Waals surface area (Å²) < 4.78 is 0. The van der Waals surface area contributed by atoms with E-state index in [9.17, 15) is 9.59 Å². The SMILES string of the molecule is O=C(Nc1cccc2cccnc12)C1CC(=O)N(CCc2ccccc2)C1. The average Bonchev–Trinajstić information content (AvgIpc) is 3.08. The highest BCUT2D eigenvalue weighted by Crippen LogP contribution is 2.24. The third-order valence-electron chi connectivity index (χ3n) is 4.99. The van der Waals surface area contributed by atoms with Crippen molar-refractivity contribution in [1.82, 2.24) is 9.88 Å². The van der Waals surface area contributed by atoms with Crippen LogP contribution in [0.4, 0.5) is 5.69 Å². The number of likely N-dealkylation sites (tertiary alicyclic amines) is 1. The fourth-order valence-electron chi connectivity index (χ4n) is 3.51. The molecule has 1 fully saturated rings. The minimum absolute atomic E-state index is 0.0436. The number of hydrogen-bond acceptors (Lipinski definition) is 3. The minimum atomic E-state index is -0.327. The van der Waals surface area contributed by atoms with Crippen LogP contribution in [0.2, 0.25) is 0 Å². The molecule has 1 aliphatic rings. The van der Waals surface area contributed by atoms with Crippen molar-refractivity contribution in [2.75, 3.05) is 18.4 Å². The van der Waals surface area contributed by atoms with Crippen LogP contribution in [0.15, 0.2) is 66.9 Å². The van der Waals surface area contributed by atoms with E-state index in [-0.39, 0.29) is 24.2 Å². The van der Waals surface area contributed by atoms with Crippen molar-refractivity contribution in [3.05, 3.63) is 72.4 Å². The molecular weight excluding hydrogens is 338 g/mol. The summed E-state index contributed by atoms with van der Waals surface area (Å²) >= 11 is 0. The fourth-order valence-corrected chi connectivity index (χ4v) is 3.51. The van der Waals surface area contributed by atoms with Gasteiger partial charge in [0.1, 0.15) is 0 Å². The summed E-state index contributed by atoms with van der Waals surface area (Å²) in [4.78, 5) is 31.2. The van der Waals surface area contributed by atoms with Crippen molar-refractivity contribution in [1.29, 1.82) is 0 Å². The molecule has 2 amide bonds. The van der Waals surface area contributed by atoms with Gasteiger partial charge in [-0.2, -0.15) is 0 Å². The Morgan fingerprint density at radius 1 is 1.07 bits per heavy atom. The summed E-state index contributed by atoms with van der Waals surface area (Å²) in [6, 6.07) is 19.6. The molecule has 2 heterocycles. The van der Waals surface area contributed by atoms with E-state index in [0.717, 1.165) is 17.3 Å². The number of para-hydroxylation sites is 1. The zero-order chi connectivity index (χ0) is 18.6. The highest BCUT2D eigenvalue weighted by molar-refractivity contribution is 6.02. The van der Waals surface area contributed by atoms with Gasteiger partial charge in [0.05, 0.1) is 17.1 Å². The molecule has 27 heavy (non-hydrogen) atoms. The maximum absolute atomic E-state index is 12.7. The topological polar surface area (TPSA) is 62.3 Å². The Morgan fingerprint density at radius 3 is 2.74 bits per heavy atom. The maximum atomic E-state index is 12.7. The minimum Gasteiger partial charge on any atom is -0.342 e. The molecule has 1 saturated heterocycles. The molecule has 5 heteroatoms. The number of benzene rings is 2. The zero-order valence-electron chi connectivity index (χ0n) is 15.0. The molecule has 1 atom stereocenters. The Bertz CT molecular complexity index is 966. The van der Waals surface area contributed by atoms with Crippen LogP contribution in [-0.2, 0) is 16.0 Å². The van der Waals surface area contributed by atoms with Gasteiger partial charge in [-0.15, -0.1) is 0 Å². The number of rotatable bonds is 5. The Labute approximate surface area is 158 Å². The Kier molecular flexibility index (Phi) is 4.83. The summed E-state index contributed by atoms with van der Waals surface area (Å²) in [5.74, 6) is -0.405. The summed E-state index contributed by atoms with van der Waals surface area (Å²) in [5, 5.41) is 3.94. The summed E-state index contributed by atoms with van der Waals surface area (Å²) in [7, 11) is 0. The van der Waals surface area contributed by atoms with E-state index in [4.69, 9.17) is 0 Å². The molecule has 0 aliphatic carbocycles. The molecule has 2 aromatic carbocycles. The molecule has 5 nitrogen and oxygen atoms in total.